The lowest BCUT2D eigenvalue weighted by Crippen LogP contribution is -2.27. The Balaban J connectivity index is 2.70. The van der Waals surface area contributed by atoms with Crippen molar-refractivity contribution >= 4 is 33.4 Å². The molecule has 0 unspecified atom stereocenters. The summed E-state index contributed by atoms with van der Waals surface area (Å²) in [5, 5.41) is 0.558. The maximum Gasteiger partial charge on any atom is 0.253 e. The zero-order chi connectivity index (χ0) is 12.8. The van der Waals surface area contributed by atoms with Crippen LogP contribution >= 0.6 is 27.5 Å². The lowest BCUT2D eigenvalue weighted by atomic mass is 10.2. The summed E-state index contributed by atoms with van der Waals surface area (Å²) >= 11 is 9.24. The van der Waals surface area contributed by atoms with Gasteiger partial charge in [0, 0.05) is 28.7 Å². The summed E-state index contributed by atoms with van der Waals surface area (Å²) in [5.74, 6) is -0.0164. The third-order valence-electron chi connectivity index (χ3n) is 2.36. The molecule has 0 aliphatic carbocycles. The number of benzene rings is 1. The summed E-state index contributed by atoms with van der Waals surface area (Å²) in [4.78, 5) is 13.8. The van der Waals surface area contributed by atoms with E-state index in [1.54, 1.807) is 30.1 Å². The fourth-order valence-corrected chi connectivity index (χ4v) is 2.33. The first-order valence-corrected chi connectivity index (χ1v) is 6.54. The number of hydrogen-bond acceptors (Lipinski definition) is 1. The molecule has 92 valence electrons. The van der Waals surface area contributed by atoms with Crippen molar-refractivity contribution in [2.24, 2.45) is 0 Å². The molecule has 0 atom stereocenters. The van der Waals surface area contributed by atoms with Gasteiger partial charge >= 0.3 is 0 Å². The van der Waals surface area contributed by atoms with Crippen LogP contribution in [0.1, 0.15) is 23.2 Å². The molecule has 0 spiro atoms. The van der Waals surface area contributed by atoms with Gasteiger partial charge in [0.2, 0.25) is 0 Å². The quantitative estimate of drug-likeness (QED) is 0.590. The summed E-state index contributed by atoms with van der Waals surface area (Å²) in [6.45, 7) is 4.37. The third-order valence-corrected chi connectivity index (χ3v) is 3.03. The van der Waals surface area contributed by atoms with Gasteiger partial charge in [-0.05, 0) is 31.0 Å². The molecule has 2 nitrogen and oxygen atoms in total. The van der Waals surface area contributed by atoms with Crippen LogP contribution in [0.4, 0.5) is 0 Å². The highest BCUT2D eigenvalue weighted by Crippen LogP contribution is 2.20. The SMILES string of the molecule is C=CCCCN(C)C(=O)c1cc(Cl)cc(Br)c1. The van der Waals surface area contributed by atoms with Gasteiger partial charge in [-0.1, -0.05) is 33.6 Å². The normalized spacial score (nSPS) is 10.1. The Bertz CT molecular complexity index is 400. The van der Waals surface area contributed by atoms with Gasteiger partial charge in [-0.15, -0.1) is 6.58 Å². The number of unbranched alkanes of at least 4 members (excludes halogenated alkanes) is 1. The van der Waals surface area contributed by atoms with Crippen LogP contribution in [-0.4, -0.2) is 24.4 Å². The Hall–Kier alpha value is -0.800. The molecule has 1 rings (SSSR count). The Labute approximate surface area is 115 Å². The van der Waals surface area contributed by atoms with Gasteiger partial charge < -0.3 is 4.90 Å². The zero-order valence-corrected chi connectivity index (χ0v) is 12.1. The summed E-state index contributed by atoms with van der Waals surface area (Å²) in [6.07, 6.45) is 3.69. The topological polar surface area (TPSA) is 20.3 Å². The highest BCUT2D eigenvalue weighted by atomic mass is 79.9. The molecule has 0 aliphatic heterocycles. The van der Waals surface area contributed by atoms with Crippen LogP contribution in [0.3, 0.4) is 0 Å². The van der Waals surface area contributed by atoms with Crippen LogP contribution in [-0.2, 0) is 0 Å². The van der Waals surface area contributed by atoms with Crippen LogP contribution < -0.4 is 0 Å². The van der Waals surface area contributed by atoms with Crippen molar-refractivity contribution in [3.63, 3.8) is 0 Å². The van der Waals surface area contributed by atoms with Crippen molar-refractivity contribution in [3.05, 3.63) is 45.9 Å². The van der Waals surface area contributed by atoms with E-state index in [1.165, 1.54) is 0 Å². The summed E-state index contributed by atoms with van der Waals surface area (Å²) < 4.78 is 0.813. The molecule has 4 heteroatoms. The Morgan fingerprint density at radius 3 is 2.82 bits per heavy atom. The largest absolute Gasteiger partial charge is 0.342 e. The van der Waals surface area contributed by atoms with Gasteiger partial charge in [-0.3, -0.25) is 4.79 Å². The number of halogens is 2. The summed E-state index contributed by atoms with van der Waals surface area (Å²) in [7, 11) is 1.79. The minimum Gasteiger partial charge on any atom is -0.342 e. The maximum absolute atomic E-state index is 12.1. The van der Waals surface area contributed by atoms with Gasteiger partial charge in [0.15, 0.2) is 0 Å². The second-order valence-corrected chi connectivity index (χ2v) is 5.17. The average Bonchev–Trinajstić information content (AvgIpc) is 2.27. The van der Waals surface area contributed by atoms with Gasteiger partial charge in [0.05, 0.1) is 0 Å². The van der Waals surface area contributed by atoms with E-state index >= 15 is 0 Å². The second kappa shape index (κ2) is 6.82. The fraction of sp³-hybridized carbons (Fsp3) is 0.308. The van der Waals surface area contributed by atoms with Crippen LogP contribution in [0.2, 0.25) is 5.02 Å². The fourth-order valence-electron chi connectivity index (χ4n) is 1.47. The first-order chi connectivity index (χ1) is 8.04. The summed E-state index contributed by atoms with van der Waals surface area (Å²) in [6, 6.07) is 5.22. The lowest BCUT2D eigenvalue weighted by Gasteiger charge is -2.17. The number of amides is 1. The number of nitrogens with zero attached hydrogens (tertiary/aromatic N) is 1. The molecule has 0 heterocycles. The van der Waals surface area contributed by atoms with Gasteiger partial charge in [0.1, 0.15) is 0 Å². The molecule has 0 aliphatic rings. The predicted molar refractivity (Wildman–Crippen MR) is 75.5 cm³/mol. The Morgan fingerprint density at radius 2 is 2.24 bits per heavy atom. The van der Waals surface area contributed by atoms with Crippen LogP contribution in [0.25, 0.3) is 0 Å². The van der Waals surface area contributed by atoms with Gasteiger partial charge in [0.25, 0.3) is 5.91 Å². The number of hydrogen-bond donors (Lipinski definition) is 0. The van der Waals surface area contributed by atoms with Crippen molar-refractivity contribution < 1.29 is 4.79 Å². The monoisotopic (exact) mass is 315 g/mol. The highest BCUT2D eigenvalue weighted by molar-refractivity contribution is 9.10. The molecule has 0 fully saturated rings. The molecule has 0 saturated heterocycles. The number of carbonyl (C=O) groups is 1. The van der Waals surface area contributed by atoms with Crippen molar-refractivity contribution in [3.8, 4) is 0 Å². The van der Waals surface area contributed by atoms with Crippen molar-refractivity contribution in [1.29, 1.82) is 0 Å². The minimum absolute atomic E-state index is 0.0164. The average molecular weight is 317 g/mol. The molecule has 0 N–H and O–H groups in total. The Morgan fingerprint density at radius 1 is 1.53 bits per heavy atom. The van der Waals surface area contributed by atoms with E-state index in [1.807, 2.05) is 6.08 Å². The maximum atomic E-state index is 12.1. The number of carbonyl (C=O) groups excluding carboxylic acids is 1. The molecule has 0 aromatic heterocycles. The van der Waals surface area contributed by atoms with E-state index < -0.39 is 0 Å². The van der Waals surface area contributed by atoms with E-state index in [-0.39, 0.29) is 5.91 Å². The molecule has 0 saturated carbocycles. The molecule has 1 amide bonds. The lowest BCUT2D eigenvalue weighted by molar-refractivity contribution is 0.0794. The van der Waals surface area contributed by atoms with Crippen LogP contribution in [0.15, 0.2) is 35.3 Å². The molecule has 1 aromatic carbocycles. The van der Waals surface area contributed by atoms with Gasteiger partial charge in [-0.2, -0.15) is 0 Å². The van der Waals surface area contributed by atoms with Crippen molar-refractivity contribution in [2.75, 3.05) is 13.6 Å². The van der Waals surface area contributed by atoms with Crippen LogP contribution in [0.5, 0.6) is 0 Å². The standard InChI is InChI=1S/C13H15BrClNO/c1-3-4-5-6-16(2)13(17)10-7-11(14)9-12(15)8-10/h3,7-9H,1,4-6H2,2H3. The first-order valence-electron chi connectivity index (χ1n) is 5.37. The second-order valence-electron chi connectivity index (χ2n) is 3.82. The number of rotatable bonds is 5. The first kappa shape index (κ1) is 14.3. The smallest absolute Gasteiger partial charge is 0.253 e. The van der Waals surface area contributed by atoms with Crippen molar-refractivity contribution in [1.82, 2.24) is 4.90 Å². The van der Waals surface area contributed by atoms with E-state index in [0.29, 0.717) is 10.6 Å². The van der Waals surface area contributed by atoms with E-state index in [2.05, 4.69) is 22.5 Å². The van der Waals surface area contributed by atoms with E-state index in [0.717, 1.165) is 23.9 Å². The molecule has 1 aromatic rings. The molecule has 0 bridgehead atoms. The van der Waals surface area contributed by atoms with Gasteiger partial charge in [-0.25, -0.2) is 0 Å². The molecule has 17 heavy (non-hydrogen) atoms. The third kappa shape index (κ3) is 4.52. The van der Waals surface area contributed by atoms with E-state index in [9.17, 15) is 4.79 Å². The molecule has 0 radical (unpaired) electrons. The summed E-state index contributed by atoms with van der Waals surface area (Å²) in [5.41, 5.74) is 0.602. The van der Waals surface area contributed by atoms with Crippen molar-refractivity contribution in [2.45, 2.75) is 12.8 Å². The van der Waals surface area contributed by atoms with E-state index in [4.69, 9.17) is 11.6 Å². The predicted octanol–water partition coefficient (Wildman–Crippen LogP) is 4.14. The highest BCUT2D eigenvalue weighted by Gasteiger charge is 2.12. The molecular weight excluding hydrogens is 302 g/mol. The zero-order valence-electron chi connectivity index (χ0n) is 9.75. The van der Waals surface area contributed by atoms with Crippen LogP contribution in [0, 0.1) is 0 Å². The Kier molecular flexibility index (Phi) is 5.72. The number of allylic oxidation sites excluding steroid dienone is 1. The molecular formula is C13H15BrClNO. The minimum atomic E-state index is -0.0164.